The lowest BCUT2D eigenvalue weighted by Crippen LogP contribution is -2.45. The molecule has 284 valence electrons. The van der Waals surface area contributed by atoms with Crippen molar-refractivity contribution in [2.45, 2.75) is 148 Å². The molecule has 1 unspecified atom stereocenters. The van der Waals surface area contributed by atoms with Gasteiger partial charge < -0.3 is 28.8 Å². The smallest absolute Gasteiger partial charge is 0.268 e. The van der Waals surface area contributed by atoms with E-state index in [1.165, 1.54) is 32.1 Å². The lowest BCUT2D eigenvalue weighted by atomic mass is 10.1. The van der Waals surface area contributed by atoms with Gasteiger partial charge in [-0.15, -0.1) is 0 Å². The zero-order chi connectivity index (χ0) is 36.6. The van der Waals surface area contributed by atoms with Crippen LogP contribution in [0, 0.1) is 0 Å². The van der Waals surface area contributed by atoms with Crippen LogP contribution in [0.5, 0.6) is 0 Å². The Labute approximate surface area is 299 Å². The number of rotatable bonds is 33. The Balaban J connectivity index is 4.65. The number of hydrogen-bond donors (Lipinski definition) is 2. The Hall–Kier alpha value is -1.87. The van der Waals surface area contributed by atoms with Crippen molar-refractivity contribution in [1.29, 1.82) is 0 Å². The molecular weight excluding hydrogens is 639 g/mol. The van der Waals surface area contributed by atoms with Crippen molar-refractivity contribution in [3.63, 3.8) is 0 Å². The second-order valence-electron chi connectivity index (χ2n) is 14.0. The number of aliphatic hydroxyl groups excluding tert-OH is 1. The highest BCUT2D eigenvalue weighted by Crippen LogP contribution is 2.38. The van der Waals surface area contributed by atoms with Crippen LogP contribution in [-0.4, -0.2) is 74.3 Å². The molecule has 0 rings (SSSR count). The van der Waals surface area contributed by atoms with E-state index in [1.54, 1.807) is 12.2 Å². The fraction of sp³-hybridized carbons (Fsp3) is 0.744. The Bertz CT molecular complexity index is 1000. The predicted molar refractivity (Wildman–Crippen MR) is 201 cm³/mol. The molecule has 0 aromatic rings. The number of amides is 1. The fourth-order valence-electron chi connectivity index (χ4n) is 4.85. The summed E-state index contributed by atoms with van der Waals surface area (Å²) in [7, 11) is 1.18. The van der Waals surface area contributed by atoms with Gasteiger partial charge in [-0.1, -0.05) is 114 Å². The number of likely N-dealkylation sites (N-methyl/N-ethyl adjacent to an activating group) is 1. The van der Waals surface area contributed by atoms with Gasteiger partial charge in [0.15, 0.2) is 5.78 Å². The van der Waals surface area contributed by atoms with Crippen molar-refractivity contribution in [3.05, 3.63) is 48.6 Å². The zero-order valence-electron chi connectivity index (χ0n) is 31.6. The second-order valence-corrected chi connectivity index (χ2v) is 15.4. The first-order chi connectivity index (χ1) is 23.4. The average Bonchev–Trinajstić information content (AvgIpc) is 3.03. The second kappa shape index (κ2) is 30.9. The van der Waals surface area contributed by atoms with Gasteiger partial charge in [-0.3, -0.25) is 14.2 Å². The van der Waals surface area contributed by atoms with Gasteiger partial charge in [0.05, 0.1) is 39.9 Å². The van der Waals surface area contributed by atoms with Crippen molar-refractivity contribution in [2.75, 3.05) is 40.9 Å². The number of allylic oxidation sites excluding steroid dienone is 7. The largest absolute Gasteiger partial charge is 0.756 e. The first-order valence-corrected chi connectivity index (χ1v) is 20.4. The highest BCUT2D eigenvalue weighted by molar-refractivity contribution is 7.45. The maximum Gasteiger partial charge on any atom is 0.268 e. The maximum atomic E-state index is 12.8. The highest BCUT2D eigenvalue weighted by Gasteiger charge is 2.23. The molecule has 0 aliphatic heterocycles. The molecule has 0 spiro atoms. The lowest BCUT2D eigenvalue weighted by Gasteiger charge is -2.29. The van der Waals surface area contributed by atoms with E-state index < -0.39 is 26.6 Å². The van der Waals surface area contributed by atoms with Gasteiger partial charge in [-0.05, 0) is 57.4 Å². The van der Waals surface area contributed by atoms with E-state index in [9.17, 15) is 24.2 Å². The Morgan fingerprint density at radius 2 is 1.33 bits per heavy atom. The summed E-state index contributed by atoms with van der Waals surface area (Å²) >= 11 is 0. The maximum absolute atomic E-state index is 12.8. The molecule has 9 nitrogen and oxygen atoms in total. The topological polar surface area (TPSA) is 125 Å². The molecule has 10 heteroatoms. The number of nitrogens with zero attached hydrogens (tertiary/aromatic N) is 1. The number of carbonyl (C=O) groups excluding carboxylic acids is 2. The number of carbonyl (C=O) groups is 2. The minimum atomic E-state index is -4.61. The van der Waals surface area contributed by atoms with Gasteiger partial charge >= 0.3 is 0 Å². The van der Waals surface area contributed by atoms with Crippen LogP contribution in [0.3, 0.4) is 0 Å². The Morgan fingerprint density at radius 3 is 2.02 bits per heavy atom. The Morgan fingerprint density at radius 1 is 0.755 bits per heavy atom. The SMILES string of the molecule is CCCCCCC/C=C\CC/C=C/[C@@H](O)[C@H](COP(=O)([O-])OCC[N+](C)(C)C)NC(=O)CCCCCCC/C=C\C=C\C(=O)CCCCC. The van der Waals surface area contributed by atoms with Gasteiger partial charge in [0.25, 0.3) is 7.82 Å². The minimum Gasteiger partial charge on any atom is -0.756 e. The monoisotopic (exact) mass is 710 g/mol. The summed E-state index contributed by atoms with van der Waals surface area (Å²) in [6.45, 7) is 4.37. The van der Waals surface area contributed by atoms with E-state index in [-0.39, 0.29) is 24.7 Å². The number of unbranched alkanes of at least 4 members (excludes halogenated alkanes) is 13. The summed E-state index contributed by atoms with van der Waals surface area (Å²) in [6.07, 6.45) is 32.8. The van der Waals surface area contributed by atoms with Gasteiger partial charge in [0, 0.05) is 12.8 Å². The first-order valence-electron chi connectivity index (χ1n) is 19.0. The van der Waals surface area contributed by atoms with Crippen LogP contribution >= 0.6 is 7.82 Å². The molecule has 2 N–H and O–H groups in total. The number of aliphatic hydroxyl groups is 1. The molecule has 0 aromatic heterocycles. The summed E-state index contributed by atoms with van der Waals surface area (Å²) in [5.41, 5.74) is 0. The van der Waals surface area contributed by atoms with Crippen LogP contribution in [0.15, 0.2) is 48.6 Å². The van der Waals surface area contributed by atoms with Crippen LogP contribution in [0.25, 0.3) is 0 Å². The van der Waals surface area contributed by atoms with Crippen LogP contribution in [0.4, 0.5) is 0 Å². The van der Waals surface area contributed by atoms with Gasteiger partial charge in [-0.25, -0.2) is 0 Å². The molecule has 0 heterocycles. The van der Waals surface area contributed by atoms with Crippen molar-refractivity contribution in [1.82, 2.24) is 5.32 Å². The van der Waals surface area contributed by atoms with Crippen LogP contribution in [-0.2, 0) is 23.2 Å². The summed E-state index contributed by atoms with van der Waals surface area (Å²) < 4.78 is 23.0. The third kappa shape index (κ3) is 33.1. The summed E-state index contributed by atoms with van der Waals surface area (Å²) in [5.74, 6) is -0.0759. The van der Waals surface area contributed by atoms with Crippen LogP contribution in [0.1, 0.15) is 136 Å². The number of nitrogens with one attached hydrogen (secondary N) is 1. The van der Waals surface area contributed by atoms with E-state index in [0.29, 0.717) is 23.9 Å². The molecule has 0 aliphatic carbocycles. The molecule has 1 amide bonds. The third-order valence-corrected chi connectivity index (χ3v) is 8.95. The molecule has 0 bridgehead atoms. The van der Waals surface area contributed by atoms with Crippen molar-refractivity contribution >= 4 is 19.5 Å². The van der Waals surface area contributed by atoms with E-state index in [4.69, 9.17) is 9.05 Å². The number of quaternary nitrogens is 1. The molecule has 0 aliphatic rings. The highest BCUT2D eigenvalue weighted by atomic mass is 31.2. The standard InChI is InChI=1S/C39H71N2O7P/c1-6-8-10-11-12-13-14-17-20-23-27-31-38(43)37(35-48-49(45,46)47-34-33-41(3,4)5)40-39(44)32-28-24-21-18-15-16-19-22-26-30-36(42)29-25-9-7-2/h14,17,19,22,26-27,30-31,37-38,43H,6-13,15-16,18,20-21,23-25,28-29,32-35H2,1-5H3,(H-,40,44,45,46)/b17-14-,22-19-,30-26+,31-27+/t37-,38+/m0/s1. The molecular formula is C39H71N2O7P. The zero-order valence-corrected chi connectivity index (χ0v) is 32.5. The quantitative estimate of drug-likeness (QED) is 0.0175. The molecule has 3 atom stereocenters. The molecule has 0 saturated carbocycles. The normalized spacial score (nSPS) is 15.1. The van der Waals surface area contributed by atoms with Gasteiger partial charge in [0.1, 0.15) is 13.2 Å². The first kappa shape index (κ1) is 47.1. The molecule has 0 radical (unpaired) electrons. The van der Waals surface area contributed by atoms with E-state index in [0.717, 1.165) is 70.6 Å². The summed E-state index contributed by atoms with van der Waals surface area (Å²) in [6, 6.07) is -0.931. The van der Waals surface area contributed by atoms with Gasteiger partial charge in [-0.2, -0.15) is 0 Å². The molecule has 49 heavy (non-hydrogen) atoms. The molecule has 0 aromatic carbocycles. The van der Waals surface area contributed by atoms with Crippen molar-refractivity contribution in [3.8, 4) is 0 Å². The van der Waals surface area contributed by atoms with Gasteiger partial charge in [0.2, 0.25) is 5.91 Å². The number of phosphoric ester groups is 1. The van der Waals surface area contributed by atoms with E-state index >= 15 is 0 Å². The molecule has 0 saturated heterocycles. The van der Waals surface area contributed by atoms with Crippen LogP contribution < -0.4 is 10.2 Å². The van der Waals surface area contributed by atoms with E-state index in [2.05, 4.69) is 37.4 Å². The summed E-state index contributed by atoms with van der Waals surface area (Å²) in [4.78, 5) is 36.9. The lowest BCUT2D eigenvalue weighted by molar-refractivity contribution is -0.870. The minimum absolute atomic E-state index is 0.0243. The van der Waals surface area contributed by atoms with Crippen LogP contribution in [0.2, 0.25) is 0 Å². The Kier molecular flexibility index (Phi) is 29.7. The summed E-state index contributed by atoms with van der Waals surface area (Å²) in [5, 5.41) is 13.6. The molecule has 0 fully saturated rings. The van der Waals surface area contributed by atoms with Crippen molar-refractivity contribution < 1.29 is 37.7 Å². The third-order valence-electron chi connectivity index (χ3n) is 7.99. The number of phosphoric acid groups is 1. The fourth-order valence-corrected chi connectivity index (χ4v) is 5.57. The predicted octanol–water partition coefficient (Wildman–Crippen LogP) is 8.29. The average molecular weight is 711 g/mol. The number of ketones is 1. The van der Waals surface area contributed by atoms with Crippen molar-refractivity contribution in [2.24, 2.45) is 0 Å². The van der Waals surface area contributed by atoms with E-state index in [1.807, 2.05) is 39.4 Å². The number of hydrogen-bond acceptors (Lipinski definition) is 7.